The van der Waals surface area contributed by atoms with E-state index in [9.17, 15) is 22.8 Å². The number of hydrogen-bond acceptors (Lipinski definition) is 2. The number of alkyl halides is 2. The van der Waals surface area contributed by atoms with E-state index in [1.54, 1.807) is 0 Å². The average molecular weight is 246 g/mol. The minimum Gasteiger partial charge on any atom is -0.366 e. The van der Waals surface area contributed by atoms with Gasteiger partial charge in [0, 0.05) is 16.8 Å². The highest BCUT2D eigenvalue weighted by Gasteiger charge is 2.18. The summed E-state index contributed by atoms with van der Waals surface area (Å²) in [6, 6.07) is 1.91. The molecule has 7 heteroatoms. The van der Waals surface area contributed by atoms with Gasteiger partial charge in [0.15, 0.2) is 0 Å². The number of carbonyl (C=O) groups excluding carboxylic acids is 2. The first-order valence-corrected chi connectivity index (χ1v) is 4.52. The molecule has 0 spiro atoms. The summed E-state index contributed by atoms with van der Waals surface area (Å²) in [4.78, 5) is 21.6. The second-order valence-electron chi connectivity index (χ2n) is 3.28. The largest absolute Gasteiger partial charge is 0.366 e. The zero-order chi connectivity index (χ0) is 13.2. The van der Waals surface area contributed by atoms with Crippen LogP contribution in [0.5, 0.6) is 0 Å². The molecule has 4 nitrogen and oxygen atoms in total. The van der Waals surface area contributed by atoms with Crippen molar-refractivity contribution in [3.63, 3.8) is 0 Å². The summed E-state index contributed by atoms with van der Waals surface area (Å²) in [7, 11) is 0. The standard InChI is InChI=1S/C10H9F3N2O2/c1-4-6(11)2-5(9(14)16)3-7(4)15-10(17)8(12)13/h2-3,8H,1H3,(H2,14,16)(H,15,17). The van der Waals surface area contributed by atoms with Crippen LogP contribution in [-0.4, -0.2) is 18.2 Å². The summed E-state index contributed by atoms with van der Waals surface area (Å²) < 4.78 is 37.3. The molecule has 17 heavy (non-hydrogen) atoms. The van der Waals surface area contributed by atoms with Gasteiger partial charge in [-0.2, -0.15) is 8.78 Å². The van der Waals surface area contributed by atoms with Gasteiger partial charge >= 0.3 is 6.43 Å². The Bertz CT molecular complexity index is 475. The maximum atomic E-state index is 13.3. The summed E-state index contributed by atoms with van der Waals surface area (Å²) in [6.07, 6.45) is -3.23. The maximum Gasteiger partial charge on any atom is 0.315 e. The van der Waals surface area contributed by atoms with Crippen LogP contribution in [0.1, 0.15) is 15.9 Å². The normalized spacial score (nSPS) is 10.4. The summed E-state index contributed by atoms with van der Waals surface area (Å²) in [5.74, 6) is -3.31. The zero-order valence-electron chi connectivity index (χ0n) is 8.76. The number of nitrogens with two attached hydrogens (primary N) is 1. The number of primary amides is 1. The number of carbonyl (C=O) groups is 2. The highest BCUT2D eigenvalue weighted by molar-refractivity contribution is 5.97. The lowest BCUT2D eigenvalue weighted by molar-refractivity contribution is -0.126. The number of halogens is 3. The molecule has 0 unspecified atom stereocenters. The number of rotatable bonds is 3. The molecule has 2 amide bonds. The molecule has 1 aromatic carbocycles. The van der Waals surface area contributed by atoms with E-state index in [-0.39, 0.29) is 16.8 Å². The number of anilines is 1. The highest BCUT2D eigenvalue weighted by Crippen LogP contribution is 2.21. The Labute approximate surface area is 94.6 Å². The van der Waals surface area contributed by atoms with E-state index in [0.717, 1.165) is 12.1 Å². The van der Waals surface area contributed by atoms with Gasteiger partial charge in [0.25, 0.3) is 5.91 Å². The van der Waals surface area contributed by atoms with Gasteiger partial charge in [-0.3, -0.25) is 9.59 Å². The third-order valence-corrected chi connectivity index (χ3v) is 2.08. The molecule has 3 N–H and O–H groups in total. The molecule has 0 fully saturated rings. The first-order chi connectivity index (χ1) is 7.82. The van der Waals surface area contributed by atoms with Crippen LogP contribution >= 0.6 is 0 Å². The highest BCUT2D eigenvalue weighted by atomic mass is 19.3. The molecular formula is C10H9F3N2O2. The third-order valence-electron chi connectivity index (χ3n) is 2.08. The number of benzene rings is 1. The van der Waals surface area contributed by atoms with Crippen molar-refractivity contribution in [3.05, 3.63) is 29.1 Å². The second kappa shape index (κ2) is 4.86. The number of nitrogens with one attached hydrogen (secondary N) is 1. The number of amides is 2. The van der Waals surface area contributed by atoms with Crippen LogP contribution in [0.3, 0.4) is 0 Å². The maximum absolute atomic E-state index is 13.3. The van der Waals surface area contributed by atoms with Crippen molar-refractivity contribution in [3.8, 4) is 0 Å². The molecule has 0 aliphatic heterocycles. The Morgan fingerprint density at radius 2 is 1.94 bits per heavy atom. The first-order valence-electron chi connectivity index (χ1n) is 4.52. The van der Waals surface area contributed by atoms with Crippen molar-refractivity contribution in [2.75, 3.05) is 5.32 Å². The van der Waals surface area contributed by atoms with Gasteiger partial charge < -0.3 is 11.1 Å². The van der Waals surface area contributed by atoms with E-state index in [0.29, 0.717) is 0 Å². The Balaban J connectivity index is 3.14. The van der Waals surface area contributed by atoms with Gasteiger partial charge in [-0.25, -0.2) is 4.39 Å². The summed E-state index contributed by atoms with van der Waals surface area (Å²) in [6.45, 7) is 1.28. The Hall–Kier alpha value is -2.05. The smallest absolute Gasteiger partial charge is 0.315 e. The monoisotopic (exact) mass is 246 g/mol. The fraction of sp³-hybridized carbons (Fsp3) is 0.200. The van der Waals surface area contributed by atoms with E-state index in [4.69, 9.17) is 5.73 Å². The second-order valence-corrected chi connectivity index (χ2v) is 3.28. The van der Waals surface area contributed by atoms with Crippen molar-refractivity contribution in [2.45, 2.75) is 13.3 Å². The van der Waals surface area contributed by atoms with Crippen molar-refractivity contribution in [1.29, 1.82) is 0 Å². The van der Waals surface area contributed by atoms with E-state index in [1.165, 1.54) is 6.92 Å². The Morgan fingerprint density at radius 1 is 1.35 bits per heavy atom. The molecule has 0 aromatic heterocycles. The quantitative estimate of drug-likeness (QED) is 0.846. The van der Waals surface area contributed by atoms with Gasteiger partial charge in [-0.1, -0.05) is 0 Å². The van der Waals surface area contributed by atoms with Gasteiger partial charge in [-0.05, 0) is 19.1 Å². The van der Waals surface area contributed by atoms with Crippen LogP contribution in [0.2, 0.25) is 0 Å². The summed E-state index contributed by atoms with van der Waals surface area (Å²) in [5, 5.41) is 1.81. The molecule has 0 bridgehead atoms. The molecular weight excluding hydrogens is 237 g/mol. The average Bonchev–Trinajstić information content (AvgIpc) is 2.23. The van der Waals surface area contributed by atoms with Crippen molar-refractivity contribution in [2.24, 2.45) is 5.73 Å². The lowest BCUT2D eigenvalue weighted by atomic mass is 10.1. The van der Waals surface area contributed by atoms with Crippen LogP contribution in [0, 0.1) is 12.7 Å². The molecule has 0 saturated heterocycles. The molecule has 0 aliphatic rings. The van der Waals surface area contributed by atoms with Crippen LogP contribution < -0.4 is 11.1 Å². The number of hydrogen-bond donors (Lipinski definition) is 2. The minimum absolute atomic E-state index is 0.0519. The first kappa shape index (κ1) is 13.0. The predicted octanol–water partition coefficient (Wildman–Crippen LogP) is 1.44. The predicted molar refractivity (Wildman–Crippen MR) is 54.3 cm³/mol. The SMILES string of the molecule is Cc1c(F)cc(C(N)=O)cc1NC(=O)C(F)F. The summed E-state index contributed by atoms with van der Waals surface area (Å²) >= 11 is 0. The van der Waals surface area contributed by atoms with E-state index in [2.05, 4.69) is 0 Å². The molecule has 0 aliphatic carbocycles. The molecule has 92 valence electrons. The molecule has 0 atom stereocenters. The lowest BCUT2D eigenvalue weighted by Gasteiger charge is -2.10. The fourth-order valence-corrected chi connectivity index (χ4v) is 1.14. The molecule has 0 heterocycles. The molecule has 1 aromatic rings. The topological polar surface area (TPSA) is 72.2 Å². The lowest BCUT2D eigenvalue weighted by Crippen LogP contribution is -2.21. The Kier molecular flexibility index (Phi) is 3.72. The molecule has 0 radical (unpaired) electrons. The van der Waals surface area contributed by atoms with Crippen LogP contribution in [-0.2, 0) is 4.79 Å². The zero-order valence-corrected chi connectivity index (χ0v) is 8.76. The fourth-order valence-electron chi connectivity index (χ4n) is 1.14. The van der Waals surface area contributed by atoms with Gasteiger partial charge in [-0.15, -0.1) is 0 Å². The molecule has 1 rings (SSSR count). The third kappa shape index (κ3) is 2.96. The van der Waals surface area contributed by atoms with Crippen molar-refractivity contribution < 1.29 is 22.8 Å². The summed E-state index contributed by atoms with van der Waals surface area (Å²) in [5.41, 5.74) is 4.46. The van der Waals surface area contributed by atoms with Crippen molar-refractivity contribution >= 4 is 17.5 Å². The minimum atomic E-state index is -3.23. The van der Waals surface area contributed by atoms with Crippen LogP contribution in [0.15, 0.2) is 12.1 Å². The van der Waals surface area contributed by atoms with Gasteiger partial charge in [0.05, 0.1) is 0 Å². The Morgan fingerprint density at radius 3 is 2.41 bits per heavy atom. The van der Waals surface area contributed by atoms with Crippen LogP contribution in [0.4, 0.5) is 18.9 Å². The van der Waals surface area contributed by atoms with Gasteiger partial charge in [0.1, 0.15) is 5.82 Å². The van der Waals surface area contributed by atoms with Crippen LogP contribution in [0.25, 0.3) is 0 Å². The van der Waals surface area contributed by atoms with Crippen molar-refractivity contribution in [1.82, 2.24) is 0 Å². The van der Waals surface area contributed by atoms with E-state index >= 15 is 0 Å². The molecule has 0 saturated carbocycles. The van der Waals surface area contributed by atoms with Gasteiger partial charge in [0.2, 0.25) is 5.91 Å². The van der Waals surface area contributed by atoms with E-state index in [1.807, 2.05) is 5.32 Å². The van der Waals surface area contributed by atoms with E-state index < -0.39 is 24.1 Å².